The van der Waals surface area contributed by atoms with Crippen molar-refractivity contribution in [1.82, 2.24) is 0 Å². The molecule has 0 fully saturated rings. The van der Waals surface area contributed by atoms with Crippen molar-refractivity contribution in [3.63, 3.8) is 0 Å². The minimum absolute atomic E-state index is 0.0109. The summed E-state index contributed by atoms with van der Waals surface area (Å²) < 4.78 is 1.91. The predicted octanol–water partition coefficient (Wildman–Crippen LogP) is 2.48. The first-order valence-electron chi connectivity index (χ1n) is 5.62. The van der Waals surface area contributed by atoms with Crippen molar-refractivity contribution < 1.29 is 9.58 Å². The summed E-state index contributed by atoms with van der Waals surface area (Å²) in [7, 11) is 0. The van der Waals surface area contributed by atoms with Gasteiger partial charge in [-0.3, -0.25) is 4.99 Å². The molecule has 4 heteroatoms. The van der Waals surface area contributed by atoms with Gasteiger partial charge >= 0.3 is 0 Å². The number of hydroxylamine groups is 1. The van der Waals surface area contributed by atoms with Crippen LogP contribution in [0.3, 0.4) is 0 Å². The Morgan fingerprint density at radius 3 is 2.88 bits per heavy atom. The van der Waals surface area contributed by atoms with E-state index < -0.39 is 0 Å². The van der Waals surface area contributed by atoms with Crippen molar-refractivity contribution in [2.24, 2.45) is 10.4 Å². The van der Waals surface area contributed by atoms with E-state index in [9.17, 15) is 0 Å². The lowest BCUT2D eigenvalue weighted by molar-refractivity contribution is -0.773. The fourth-order valence-electron chi connectivity index (χ4n) is 1.83. The Bertz CT molecular complexity index is 360. The molecule has 0 aliphatic carbocycles. The second-order valence-corrected chi connectivity index (χ2v) is 6.24. The Balaban J connectivity index is 2.07. The maximum atomic E-state index is 5.50. The number of hydrogen-bond donors (Lipinski definition) is 0. The zero-order valence-corrected chi connectivity index (χ0v) is 11.0. The van der Waals surface area contributed by atoms with Crippen molar-refractivity contribution >= 4 is 23.5 Å². The van der Waals surface area contributed by atoms with Crippen LogP contribution in [0.5, 0.6) is 0 Å². The monoisotopic (exact) mass is 239 g/mol. The lowest BCUT2D eigenvalue weighted by atomic mass is 9.94. The van der Waals surface area contributed by atoms with Gasteiger partial charge in [-0.25, -0.2) is 4.84 Å². The van der Waals surface area contributed by atoms with Gasteiger partial charge in [0.2, 0.25) is 12.8 Å². The van der Waals surface area contributed by atoms with E-state index in [1.54, 1.807) is 18.0 Å². The maximum absolute atomic E-state index is 5.50. The molecule has 3 nitrogen and oxygen atoms in total. The van der Waals surface area contributed by atoms with Crippen LogP contribution in [0.1, 0.15) is 27.2 Å². The van der Waals surface area contributed by atoms with Crippen LogP contribution in [0.15, 0.2) is 17.3 Å². The van der Waals surface area contributed by atoms with Gasteiger partial charge in [0.15, 0.2) is 6.26 Å². The number of hydrogen-bond acceptors (Lipinski definition) is 3. The number of thioether (sulfide) groups is 1. The van der Waals surface area contributed by atoms with Crippen LogP contribution in [0.2, 0.25) is 0 Å². The molecule has 0 radical (unpaired) electrons. The van der Waals surface area contributed by atoms with Crippen LogP contribution >= 0.6 is 11.8 Å². The molecule has 0 saturated heterocycles. The van der Waals surface area contributed by atoms with Gasteiger partial charge in [-0.1, -0.05) is 0 Å². The fraction of sp³-hybridized carbons (Fsp3) is 0.667. The molecule has 2 aliphatic rings. The topological polar surface area (TPSA) is 24.6 Å². The average Bonchev–Trinajstić information content (AvgIpc) is 2.16. The standard InChI is InChI=1S/C12H19N2OS/c1-11(2)4-6-15-14(8-11)9-12(3)5-7-16-10-13-12/h4,6,8,10H,5,7,9H2,1-3H3/q+1. The third kappa shape index (κ3) is 2.88. The molecule has 0 aromatic rings. The molecule has 0 N–H and O–H groups in total. The molecule has 0 aromatic carbocycles. The summed E-state index contributed by atoms with van der Waals surface area (Å²) in [4.78, 5) is 10.1. The minimum atomic E-state index is -0.0109. The lowest BCUT2D eigenvalue weighted by Gasteiger charge is -2.25. The van der Waals surface area contributed by atoms with Crippen LogP contribution in [0.4, 0.5) is 0 Å². The molecule has 1 unspecified atom stereocenters. The van der Waals surface area contributed by atoms with Crippen molar-refractivity contribution in [2.75, 3.05) is 12.3 Å². The first kappa shape index (κ1) is 11.7. The molecule has 2 rings (SSSR count). The van der Waals surface area contributed by atoms with Crippen LogP contribution in [0.25, 0.3) is 0 Å². The largest absolute Gasteiger partial charge is 0.273 e. The molecule has 1 atom stereocenters. The Labute approximate surface area is 101 Å². The van der Waals surface area contributed by atoms with Gasteiger partial charge in [-0.2, -0.15) is 0 Å². The summed E-state index contributed by atoms with van der Waals surface area (Å²) in [5, 5.41) is 0. The zero-order chi connectivity index (χ0) is 11.6. The third-order valence-corrected chi connectivity index (χ3v) is 3.56. The number of aliphatic imine (C=N–C) groups is 1. The van der Waals surface area contributed by atoms with E-state index in [0.29, 0.717) is 0 Å². The highest BCUT2D eigenvalue weighted by atomic mass is 32.2. The summed E-state index contributed by atoms with van der Waals surface area (Å²) in [5.74, 6) is 1.15. The van der Waals surface area contributed by atoms with Crippen molar-refractivity contribution in [1.29, 1.82) is 0 Å². The Hall–Kier alpha value is -0.770. The molecule has 88 valence electrons. The van der Waals surface area contributed by atoms with Crippen molar-refractivity contribution in [2.45, 2.75) is 32.7 Å². The highest BCUT2D eigenvalue weighted by molar-refractivity contribution is 8.12. The summed E-state index contributed by atoms with van der Waals surface area (Å²) in [6.45, 7) is 7.34. The van der Waals surface area contributed by atoms with Gasteiger partial charge < -0.3 is 0 Å². The fourth-order valence-corrected chi connectivity index (χ4v) is 2.82. The molecule has 0 saturated carbocycles. The molecule has 0 amide bonds. The van der Waals surface area contributed by atoms with Crippen molar-refractivity contribution in [3.05, 3.63) is 12.3 Å². The van der Waals surface area contributed by atoms with E-state index >= 15 is 0 Å². The molecular formula is C12H19N2OS+. The molecule has 0 bridgehead atoms. The third-order valence-electron chi connectivity index (χ3n) is 2.86. The molecule has 0 aromatic heterocycles. The first-order chi connectivity index (χ1) is 7.49. The zero-order valence-electron chi connectivity index (χ0n) is 10.1. The SMILES string of the molecule is CC1(C)C=CO[N+](CC2(C)CCSC=N2)=C1. The van der Waals surface area contributed by atoms with Gasteiger partial charge in [0.25, 0.3) is 0 Å². The van der Waals surface area contributed by atoms with Gasteiger partial charge in [0.05, 0.1) is 11.0 Å². The second-order valence-electron chi connectivity index (χ2n) is 5.29. The van der Waals surface area contributed by atoms with Crippen molar-refractivity contribution in [3.8, 4) is 0 Å². The molecular weight excluding hydrogens is 220 g/mol. The number of allylic oxidation sites excluding steroid dienone is 1. The molecule has 2 aliphatic heterocycles. The maximum Gasteiger partial charge on any atom is 0.217 e. The number of nitrogens with zero attached hydrogens (tertiary/aromatic N) is 2. The normalized spacial score (nSPS) is 32.1. The van der Waals surface area contributed by atoms with Crippen LogP contribution in [-0.2, 0) is 4.84 Å². The van der Waals surface area contributed by atoms with E-state index in [2.05, 4.69) is 38.1 Å². The summed E-state index contributed by atoms with van der Waals surface area (Å²) in [6.07, 6.45) is 7.05. The van der Waals surface area contributed by atoms with E-state index in [4.69, 9.17) is 4.84 Å². The highest BCUT2D eigenvalue weighted by Gasteiger charge is 2.34. The van der Waals surface area contributed by atoms with E-state index in [-0.39, 0.29) is 11.0 Å². The van der Waals surface area contributed by atoms with Crippen LogP contribution < -0.4 is 0 Å². The van der Waals surface area contributed by atoms with Gasteiger partial charge in [-0.05, 0) is 38.0 Å². The molecule has 16 heavy (non-hydrogen) atoms. The minimum Gasteiger partial charge on any atom is -0.273 e. The summed E-state index contributed by atoms with van der Waals surface area (Å²) >= 11 is 1.78. The van der Waals surface area contributed by atoms with E-state index in [1.165, 1.54) is 0 Å². The smallest absolute Gasteiger partial charge is 0.217 e. The van der Waals surface area contributed by atoms with Gasteiger partial charge in [-0.15, -0.1) is 11.8 Å². The Kier molecular flexibility index (Phi) is 3.10. The molecule has 0 spiro atoms. The van der Waals surface area contributed by atoms with Crippen LogP contribution in [-0.4, -0.2) is 34.3 Å². The van der Waals surface area contributed by atoms with Gasteiger partial charge in [0, 0.05) is 5.75 Å². The second kappa shape index (κ2) is 4.24. The predicted molar refractivity (Wildman–Crippen MR) is 69.2 cm³/mol. The quantitative estimate of drug-likeness (QED) is 0.692. The Morgan fingerprint density at radius 1 is 1.44 bits per heavy atom. The van der Waals surface area contributed by atoms with Crippen LogP contribution in [0, 0.1) is 5.41 Å². The summed E-state index contributed by atoms with van der Waals surface area (Å²) in [5.41, 5.74) is 2.03. The average molecular weight is 239 g/mol. The first-order valence-corrected chi connectivity index (χ1v) is 6.67. The van der Waals surface area contributed by atoms with Gasteiger partial charge in [0.1, 0.15) is 5.54 Å². The summed E-state index contributed by atoms with van der Waals surface area (Å²) in [6, 6.07) is 0. The Morgan fingerprint density at radius 2 is 2.25 bits per heavy atom. The van der Waals surface area contributed by atoms with E-state index in [0.717, 1.165) is 18.7 Å². The molecule has 2 heterocycles. The lowest BCUT2D eigenvalue weighted by Crippen LogP contribution is -2.39. The van der Waals surface area contributed by atoms with E-state index in [1.807, 2.05) is 10.3 Å². The highest BCUT2D eigenvalue weighted by Crippen LogP contribution is 2.25. The number of rotatable bonds is 2.